The molecule has 0 spiro atoms. The van der Waals surface area contributed by atoms with Crippen LogP contribution in [0.25, 0.3) is 0 Å². The molecule has 0 aliphatic rings. The van der Waals surface area contributed by atoms with Gasteiger partial charge in [-0.1, -0.05) is 23.7 Å². The topological polar surface area (TPSA) is 46.9 Å². The first-order chi connectivity index (χ1) is 8.99. The highest BCUT2D eigenvalue weighted by Crippen LogP contribution is 2.21. The largest absolute Gasteiger partial charge is 0.323 e. The summed E-state index contributed by atoms with van der Waals surface area (Å²) in [6.45, 7) is 3.95. The van der Waals surface area contributed by atoms with Crippen LogP contribution < -0.4 is 5.32 Å². The highest BCUT2D eigenvalue weighted by molar-refractivity contribution is 9.10. The lowest BCUT2D eigenvalue weighted by molar-refractivity contribution is -0.116. The van der Waals surface area contributed by atoms with Crippen LogP contribution in [-0.4, -0.2) is 15.7 Å². The number of para-hydroxylation sites is 1. The smallest absolute Gasteiger partial charge is 0.246 e. The van der Waals surface area contributed by atoms with Crippen LogP contribution >= 0.6 is 27.5 Å². The highest BCUT2D eigenvalue weighted by Gasteiger charge is 2.12. The zero-order chi connectivity index (χ0) is 14.0. The van der Waals surface area contributed by atoms with E-state index in [4.69, 9.17) is 11.6 Å². The number of aromatic nitrogens is 2. The van der Waals surface area contributed by atoms with Gasteiger partial charge in [0.25, 0.3) is 0 Å². The lowest BCUT2D eigenvalue weighted by Gasteiger charge is -2.08. The van der Waals surface area contributed by atoms with Crippen LogP contribution in [0.1, 0.15) is 11.4 Å². The van der Waals surface area contributed by atoms with Gasteiger partial charge in [0.05, 0.1) is 26.6 Å². The molecule has 0 saturated carbocycles. The van der Waals surface area contributed by atoms with E-state index in [0.717, 1.165) is 15.9 Å². The molecule has 0 aliphatic carbocycles. The average Bonchev–Trinajstić information content (AvgIpc) is 2.60. The predicted molar refractivity (Wildman–Crippen MR) is 79.5 cm³/mol. The fraction of sp³-hybridized carbons (Fsp3) is 0.231. The Bertz CT molecular complexity index is 624. The SMILES string of the molecule is Cc1nn(CC(=O)Nc2ccccc2Cl)c(C)c1Br. The van der Waals surface area contributed by atoms with Gasteiger partial charge in [0.15, 0.2) is 0 Å². The van der Waals surface area contributed by atoms with E-state index in [2.05, 4.69) is 26.3 Å². The monoisotopic (exact) mass is 341 g/mol. The lowest BCUT2D eigenvalue weighted by atomic mass is 10.3. The number of aryl methyl sites for hydroxylation is 1. The molecular weight excluding hydrogens is 330 g/mol. The molecule has 0 bridgehead atoms. The van der Waals surface area contributed by atoms with E-state index in [1.165, 1.54) is 0 Å². The molecule has 0 saturated heterocycles. The third-order valence-electron chi connectivity index (χ3n) is 2.73. The van der Waals surface area contributed by atoms with Crippen molar-refractivity contribution in [3.63, 3.8) is 0 Å². The van der Waals surface area contributed by atoms with Gasteiger partial charge in [-0.2, -0.15) is 5.10 Å². The first kappa shape index (κ1) is 14.1. The maximum absolute atomic E-state index is 12.0. The van der Waals surface area contributed by atoms with Gasteiger partial charge in [-0.15, -0.1) is 0 Å². The van der Waals surface area contributed by atoms with Crippen LogP contribution in [0.5, 0.6) is 0 Å². The maximum atomic E-state index is 12.0. The molecule has 0 fully saturated rings. The minimum absolute atomic E-state index is 0.156. The van der Waals surface area contributed by atoms with E-state index in [1.54, 1.807) is 16.8 Å². The number of nitrogens with zero attached hydrogens (tertiary/aromatic N) is 2. The minimum Gasteiger partial charge on any atom is -0.323 e. The van der Waals surface area contributed by atoms with Crippen molar-refractivity contribution in [2.24, 2.45) is 0 Å². The van der Waals surface area contributed by atoms with Gasteiger partial charge in [0.1, 0.15) is 6.54 Å². The number of hydrogen-bond acceptors (Lipinski definition) is 2. The number of nitrogens with one attached hydrogen (secondary N) is 1. The molecule has 4 nitrogen and oxygen atoms in total. The molecule has 2 aromatic rings. The molecule has 0 radical (unpaired) electrons. The number of halogens is 2. The molecular formula is C13H13BrClN3O. The Kier molecular flexibility index (Phi) is 4.27. The zero-order valence-corrected chi connectivity index (χ0v) is 12.9. The number of carbonyl (C=O) groups is 1. The Labute approximate surface area is 124 Å². The van der Waals surface area contributed by atoms with E-state index >= 15 is 0 Å². The minimum atomic E-state index is -0.161. The number of carbonyl (C=O) groups excluding carboxylic acids is 1. The summed E-state index contributed by atoms with van der Waals surface area (Å²) in [5.41, 5.74) is 2.39. The number of amides is 1. The summed E-state index contributed by atoms with van der Waals surface area (Å²) in [5, 5.41) is 7.58. The van der Waals surface area contributed by atoms with Crippen molar-refractivity contribution in [3.8, 4) is 0 Å². The molecule has 1 N–H and O–H groups in total. The molecule has 1 amide bonds. The fourth-order valence-corrected chi connectivity index (χ4v) is 2.18. The van der Waals surface area contributed by atoms with E-state index in [9.17, 15) is 4.79 Å². The van der Waals surface area contributed by atoms with Gasteiger partial charge in [0.2, 0.25) is 5.91 Å². The van der Waals surface area contributed by atoms with E-state index in [0.29, 0.717) is 10.7 Å². The summed E-state index contributed by atoms with van der Waals surface area (Å²) < 4.78 is 2.59. The Hall–Kier alpha value is -1.33. The molecule has 0 atom stereocenters. The summed E-state index contributed by atoms with van der Waals surface area (Å²) in [7, 11) is 0. The molecule has 2 rings (SSSR count). The average molecular weight is 343 g/mol. The van der Waals surface area contributed by atoms with Crippen LogP contribution in [-0.2, 0) is 11.3 Å². The third-order valence-corrected chi connectivity index (χ3v) is 4.21. The van der Waals surface area contributed by atoms with Crippen LogP contribution in [0.3, 0.4) is 0 Å². The van der Waals surface area contributed by atoms with Crippen LogP contribution in [0, 0.1) is 13.8 Å². The predicted octanol–water partition coefficient (Wildman–Crippen LogP) is 3.55. The Morgan fingerprint density at radius 3 is 2.68 bits per heavy atom. The van der Waals surface area contributed by atoms with Crippen molar-refractivity contribution in [1.82, 2.24) is 9.78 Å². The second-order valence-electron chi connectivity index (χ2n) is 4.17. The number of benzene rings is 1. The van der Waals surface area contributed by atoms with Gasteiger partial charge in [-0.3, -0.25) is 9.48 Å². The molecule has 1 aromatic heterocycles. The van der Waals surface area contributed by atoms with Gasteiger partial charge in [-0.05, 0) is 41.9 Å². The number of anilines is 1. The normalized spacial score (nSPS) is 10.5. The van der Waals surface area contributed by atoms with Gasteiger partial charge < -0.3 is 5.32 Å². The second kappa shape index (κ2) is 5.75. The standard InChI is InChI=1S/C13H13BrClN3O/c1-8-13(14)9(2)18(17-8)7-12(19)16-11-6-4-3-5-10(11)15/h3-6H,7H2,1-2H3,(H,16,19). The van der Waals surface area contributed by atoms with E-state index in [1.807, 2.05) is 26.0 Å². The maximum Gasteiger partial charge on any atom is 0.246 e. The van der Waals surface area contributed by atoms with Crippen molar-refractivity contribution < 1.29 is 4.79 Å². The van der Waals surface area contributed by atoms with Crippen LogP contribution in [0.4, 0.5) is 5.69 Å². The van der Waals surface area contributed by atoms with Gasteiger partial charge >= 0.3 is 0 Å². The van der Waals surface area contributed by atoms with E-state index < -0.39 is 0 Å². The van der Waals surface area contributed by atoms with E-state index in [-0.39, 0.29) is 12.5 Å². The Morgan fingerprint density at radius 1 is 1.42 bits per heavy atom. The molecule has 1 aromatic carbocycles. The third kappa shape index (κ3) is 3.16. The summed E-state index contributed by atoms with van der Waals surface area (Å²) in [6, 6.07) is 7.13. The van der Waals surface area contributed by atoms with Gasteiger partial charge in [-0.25, -0.2) is 0 Å². The number of rotatable bonds is 3. The summed E-state index contributed by atoms with van der Waals surface area (Å²) in [5.74, 6) is -0.161. The second-order valence-corrected chi connectivity index (χ2v) is 5.37. The van der Waals surface area contributed by atoms with Crippen molar-refractivity contribution in [3.05, 3.63) is 45.1 Å². The first-order valence-electron chi connectivity index (χ1n) is 5.73. The van der Waals surface area contributed by atoms with Crippen molar-refractivity contribution >= 4 is 39.1 Å². The highest BCUT2D eigenvalue weighted by atomic mass is 79.9. The Balaban J connectivity index is 2.10. The molecule has 0 unspecified atom stereocenters. The lowest BCUT2D eigenvalue weighted by Crippen LogP contribution is -2.20. The fourth-order valence-electron chi connectivity index (χ4n) is 1.72. The molecule has 100 valence electrons. The Morgan fingerprint density at radius 2 is 2.11 bits per heavy atom. The summed E-state index contributed by atoms with van der Waals surface area (Å²) >= 11 is 9.42. The summed E-state index contributed by atoms with van der Waals surface area (Å²) in [4.78, 5) is 12.0. The molecule has 19 heavy (non-hydrogen) atoms. The quantitative estimate of drug-likeness (QED) is 0.927. The first-order valence-corrected chi connectivity index (χ1v) is 6.90. The summed E-state index contributed by atoms with van der Waals surface area (Å²) in [6.07, 6.45) is 0. The zero-order valence-electron chi connectivity index (χ0n) is 10.6. The van der Waals surface area contributed by atoms with Crippen molar-refractivity contribution in [2.45, 2.75) is 20.4 Å². The molecule has 6 heteroatoms. The number of hydrogen-bond donors (Lipinski definition) is 1. The molecule has 0 aliphatic heterocycles. The molecule has 1 heterocycles. The van der Waals surface area contributed by atoms with Crippen molar-refractivity contribution in [2.75, 3.05) is 5.32 Å². The van der Waals surface area contributed by atoms with Crippen LogP contribution in [0.15, 0.2) is 28.7 Å². The van der Waals surface area contributed by atoms with Crippen molar-refractivity contribution in [1.29, 1.82) is 0 Å². The van der Waals surface area contributed by atoms with Crippen LogP contribution in [0.2, 0.25) is 5.02 Å². The van der Waals surface area contributed by atoms with Gasteiger partial charge in [0, 0.05) is 0 Å².